The lowest BCUT2D eigenvalue weighted by molar-refractivity contribution is -0.144. The number of imide groups is 1. The van der Waals surface area contributed by atoms with Crippen LogP contribution in [0.15, 0.2) is 91.1 Å². The molecule has 0 saturated carbocycles. The number of rotatable bonds is 30. The Balaban J connectivity index is 1.09. The van der Waals surface area contributed by atoms with E-state index in [1.54, 1.807) is 42.7 Å². The van der Waals surface area contributed by atoms with Crippen molar-refractivity contribution in [1.29, 1.82) is 0 Å². The Bertz CT molecular complexity index is 3080. The third kappa shape index (κ3) is 19.2. The van der Waals surface area contributed by atoms with Crippen molar-refractivity contribution in [3.8, 4) is 11.3 Å². The zero-order valence-corrected chi connectivity index (χ0v) is 47.9. The van der Waals surface area contributed by atoms with Crippen LogP contribution in [0.1, 0.15) is 102 Å². The molecule has 0 spiro atoms. The summed E-state index contributed by atoms with van der Waals surface area (Å²) in [4.78, 5) is 110. The molecule has 84 heavy (non-hydrogen) atoms. The Morgan fingerprint density at radius 2 is 1.54 bits per heavy atom. The molecule has 2 aliphatic heterocycles. The zero-order valence-electron chi connectivity index (χ0n) is 47.1. The van der Waals surface area contributed by atoms with Crippen LogP contribution in [0.4, 0.5) is 28.4 Å². The number of unbranched alkanes of at least 4 members (excludes halogenated alkanes) is 2. The molecule has 3 aromatic carbocycles. The minimum atomic E-state index is -3.45. The first-order valence-electron chi connectivity index (χ1n) is 27.8. The minimum absolute atomic E-state index is 0.0221. The monoisotopic (exact) mass is 1190 g/mol. The summed E-state index contributed by atoms with van der Waals surface area (Å²) < 4.78 is 77.4. The number of ether oxygens (including phenoxy) is 1. The smallest absolute Gasteiger partial charge is 0.407 e. The maximum Gasteiger partial charge on any atom is 0.407 e. The number of anilines is 1. The number of sulfone groups is 1. The van der Waals surface area contributed by atoms with E-state index in [1.165, 1.54) is 42.3 Å². The van der Waals surface area contributed by atoms with E-state index >= 15 is 4.39 Å². The minimum Gasteiger partial charge on any atom is -0.445 e. The van der Waals surface area contributed by atoms with Crippen molar-refractivity contribution in [3.63, 3.8) is 0 Å². The normalized spacial score (nSPS) is 15.8. The number of halogens is 3. The summed E-state index contributed by atoms with van der Waals surface area (Å²) in [6.45, 7) is 3.41. The maximum atomic E-state index is 15.3. The van der Waals surface area contributed by atoms with Crippen molar-refractivity contribution in [1.82, 2.24) is 40.6 Å². The van der Waals surface area contributed by atoms with Gasteiger partial charge in [0.05, 0.1) is 29.3 Å². The van der Waals surface area contributed by atoms with Gasteiger partial charge in [0.25, 0.3) is 17.7 Å². The van der Waals surface area contributed by atoms with Gasteiger partial charge in [0.2, 0.25) is 17.7 Å². The summed E-state index contributed by atoms with van der Waals surface area (Å²) in [6, 6.07) is 12.8. The molecule has 22 nitrogen and oxygen atoms in total. The first-order valence-corrected chi connectivity index (χ1v) is 29.7. The number of primary amides is 1. The van der Waals surface area contributed by atoms with Crippen molar-refractivity contribution < 1.29 is 69.8 Å². The predicted octanol–water partition coefficient (Wildman–Crippen LogP) is 5.10. The first kappa shape index (κ1) is 65.0. The Morgan fingerprint density at radius 1 is 0.845 bits per heavy atom. The average Bonchev–Trinajstić information content (AvgIpc) is 2.30. The van der Waals surface area contributed by atoms with Gasteiger partial charge >= 0.3 is 12.1 Å². The second-order valence-electron chi connectivity index (χ2n) is 21.2. The van der Waals surface area contributed by atoms with E-state index in [4.69, 9.17) is 15.5 Å². The number of amides is 9. The molecule has 9 amide bonds. The molecule has 6 rings (SSSR count). The number of aliphatic hydroxyl groups excluding tert-OH is 1. The van der Waals surface area contributed by atoms with E-state index in [1.807, 2.05) is 18.2 Å². The van der Waals surface area contributed by atoms with Gasteiger partial charge in [-0.1, -0.05) is 62.7 Å². The van der Waals surface area contributed by atoms with Gasteiger partial charge in [0, 0.05) is 62.2 Å². The standard InChI is InChI=1S/C58H73F3N10O12S/c1-36(2)51(68-48(73)14-8-5-9-27-70-49(74)21-22-50(70)75)55(77)67-46(13-10-26-63-57(62)79)54(76)64-42-18-15-39(16-19-42)35-83-58(80)65-43(32-59)23-28-71(56(78)37(3)72)52(40-24-29-84(81,82)30-25-40)53-66-47(44-31-41(60)17-20-45(44)61)34-69(53)33-38-11-6-4-7-12-38/h4,6-7,11-12,15-22,31,34,36-37,40,43,46,51-52,72H,5,8-10,13-14,23-30,32-33,35H2,1-3H3,(H,64,76)(H,65,80)(H,67,77)(H,68,73)(H3,62,63,79)/t37-,43-,46-,51-,52-/m0/s1. The van der Waals surface area contributed by atoms with Gasteiger partial charge in [0.15, 0.2) is 0 Å². The molecule has 1 saturated heterocycles. The highest BCUT2D eigenvalue weighted by Gasteiger charge is 2.40. The Hall–Kier alpha value is -8.13. The van der Waals surface area contributed by atoms with Gasteiger partial charge in [-0.25, -0.2) is 36.2 Å². The van der Waals surface area contributed by atoms with Crippen LogP contribution >= 0.6 is 0 Å². The lowest BCUT2D eigenvalue weighted by Crippen LogP contribution is -2.54. The van der Waals surface area contributed by atoms with Crippen LogP contribution in [0.2, 0.25) is 0 Å². The van der Waals surface area contributed by atoms with Crippen molar-refractivity contribution >= 4 is 63.1 Å². The summed E-state index contributed by atoms with van der Waals surface area (Å²) in [5, 5.41) is 23.9. The number of carbonyl (C=O) groups is 8. The van der Waals surface area contributed by atoms with Crippen LogP contribution in [0, 0.1) is 23.5 Å². The first-order chi connectivity index (χ1) is 40.0. The number of imidazole rings is 1. The molecule has 1 aromatic heterocycles. The number of aromatic nitrogens is 2. The van der Waals surface area contributed by atoms with Gasteiger partial charge in [-0.2, -0.15) is 0 Å². The van der Waals surface area contributed by atoms with Crippen LogP contribution in [-0.2, 0) is 56.5 Å². The summed E-state index contributed by atoms with van der Waals surface area (Å²) in [6.07, 6.45) is 2.99. The fourth-order valence-electron chi connectivity index (χ4n) is 9.82. The van der Waals surface area contributed by atoms with E-state index in [-0.39, 0.29) is 117 Å². The molecule has 8 N–H and O–H groups in total. The van der Waals surface area contributed by atoms with E-state index in [0.717, 1.165) is 28.7 Å². The summed E-state index contributed by atoms with van der Waals surface area (Å²) in [5.41, 5.74) is 6.56. The lowest BCUT2D eigenvalue weighted by Gasteiger charge is -2.39. The number of alkyl carbamates (subject to hydrolysis) is 1. The fraction of sp³-hybridized carbons (Fsp3) is 0.466. The van der Waals surface area contributed by atoms with Gasteiger partial charge in [0.1, 0.15) is 58.8 Å². The van der Waals surface area contributed by atoms with Crippen LogP contribution in [0.25, 0.3) is 11.3 Å². The predicted molar refractivity (Wildman–Crippen MR) is 303 cm³/mol. The summed E-state index contributed by atoms with van der Waals surface area (Å²) in [5.74, 6) is -6.02. The Labute approximate surface area is 485 Å². The van der Waals surface area contributed by atoms with Crippen LogP contribution < -0.4 is 32.3 Å². The molecular formula is C58H73F3N10O12S. The van der Waals surface area contributed by atoms with Crippen LogP contribution in [0.3, 0.4) is 0 Å². The second kappa shape index (κ2) is 31.0. The number of aliphatic hydroxyl groups is 1. The average molecular weight is 1190 g/mol. The number of urea groups is 1. The topological polar surface area (TPSA) is 311 Å². The number of nitrogens with one attached hydrogen (secondary N) is 5. The number of carbonyl (C=O) groups excluding carboxylic acids is 8. The highest BCUT2D eigenvalue weighted by atomic mass is 32.2. The molecule has 2 aliphatic rings. The van der Waals surface area contributed by atoms with Gasteiger partial charge in [-0.15, -0.1) is 0 Å². The van der Waals surface area contributed by atoms with Crippen molar-refractivity contribution in [2.75, 3.05) is 43.1 Å². The fourth-order valence-corrected chi connectivity index (χ4v) is 11.3. The highest BCUT2D eigenvalue weighted by Crippen LogP contribution is 2.39. The molecule has 4 aromatic rings. The van der Waals surface area contributed by atoms with Crippen LogP contribution in [0.5, 0.6) is 0 Å². The third-order valence-corrected chi connectivity index (χ3v) is 16.1. The number of hydrogen-bond donors (Lipinski definition) is 7. The number of hydrogen-bond acceptors (Lipinski definition) is 13. The summed E-state index contributed by atoms with van der Waals surface area (Å²) in [7, 11) is -3.45. The Kier molecular flexibility index (Phi) is 24.0. The maximum absolute atomic E-state index is 15.3. The van der Waals surface area contributed by atoms with E-state index in [2.05, 4.69) is 26.6 Å². The molecular weight excluding hydrogens is 1120 g/mol. The molecule has 454 valence electrons. The summed E-state index contributed by atoms with van der Waals surface area (Å²) >= 11 is 0. The Morgan fingerprint density at radius 3 is 2.18 bits per heavy atom. The molecule has 0 aliphatic carbocycles. The third-order valence-electron chi connectivity index (χ3n) is 14.4. The molecule has 0 bridgehead atoms. The number of alkyl halides is 1. The van der Waals surface area contributed by atoms with E-state index in [0.29, 0.717) is 24.8 Å². The highest BCUT2D eigenvalue weighted by molar-refractivity contribution is 7.91. The second-order valence-corrected chi connectivity index (χ2v) is 23.5. The van der Waals surface area contributed by atoms with Gasteiger partial charge in [-0.3, -0.25) is 33.7 Å². The quantitative estimate of drug-likeness (QED) is 0.0264. The number of benzene rings is 3. The van der Waals surface area contributed by atoms with Crippen molar-refractivity contribution in [2.24, 2.45) is 17.6 Å². The molecule has 5 atom stereocenters. The molecule has 3 heterocycles. The largest absolute Gasteiger partial charge is 0.445 e. The SMILES string of the molecule is CC(C)[C@H](NC(=O)CCCCCN1C(=O)C=CC1=O)C(=O)N[C@@H](CCCNC(N)=O)C(=O)Nc1ccc(COC(=O)N[C@H](CF)CCN(C(=O)[C@H](C)O)[C@H](c2nc(-c3cc(F)ccc3F)cn2Cc2ccccc2)C2CCS(=O)(=O)CC2)cc1. The molecule has 0 unspecified atom stereocenters. The lowest BCUT2D eigenvalue weighted by atomic mass is 9.90. The van der Waals surface area contributed by atoms with E-state index in [9.17, 15) is 60.7 Å². The molecule has 26 heteroatoms. The van der Waals surface area contributed by atoms with Crippen molar-refractivity contribution in [3.05, 3.63) is 120 Å². The number of nitrogens with two attached hydrogens (primary N) is 1. The molecule has 1 fully saturated rings. The van der Waals surface area contributed by atoms with Crippen LogP contribution in [-0.4, -0.2) is 142 Å². The van der Waals surface area contributed by atoms with Crippen molar-refractivity contribution in [2.45, 2.75) is 122 Å². The number of nitrogens with zero attached hydrogens (tertiary/aromatic N) is 4. The zero-order chi connectivity index (χ0) is 61.1. The van der Waals surface area contributed by atoms with Gasteiger partial charge in [-0.05, 0) is 105 Å². The van der Waals surface area contributed by atoms with E-state index < -0.39 is 106 Å². The molecule has 0 radical (unpaired) electrons. The van der Waals surface area contributed by atoms with Gasteiger partial charge < -0.3 is 51.6 Å².